The molecular formula is C9H16O4S. The lowest BCUT2D eigenvalue weighted by atomic mass is 10.0. The Bertz CT molecular complexity index is 259. The fourth-order valence-corrected chi connectivity index (χ4v) is 1.39. The topological polar surface area (TPSA) is 52.6 Å². The van der Waals surface area contributed by atoms with Gasteiger partial charge in [0, 0.05) is 0 Å². The first-order valence-corrected chi connectivity index (χ1v) is 5.55. The molecule has 0 bridgehead atoms. The van der Waals surface area contributed by atoms with E-state index in [1.165, 1.54) is 0 Å². The maximum absolute atomic E-state index is 10.8. The lowest BCUT2D eigenvalue weighted by Crippen LogP contribution is -2.14. The second-order valence-electron chi connectivity index (χ2n) is 2.77. The van der Waals surface area contributed by atoms with E-state index in [1.807, 2.05) is 0 Å². The van der Waals surface area contributed by atoms with Gasteiger partial charge in [-0.2, -0.15) is 8.42 Å². The molecule has 82 valence electrons. The Hall–Kier alpha value is -0.650. The minimum absolute atomic E-state index is 0.0786. The molecule has 0 aromatic heterocycles. The van der Waals surface area contributed by atoms with Crippen molar-refractivity contribution in [3.8, 4) is 0 Å². The maximum Gasteiger partial charge on any atom is 0.399 e. The lowest BCUT2D eigenvalue weighted by molar-refractivity contribution is 0.208. The highest BCUT2D eigenvalue weighted by Crippen LogP contribution is 2.11. The molecule has 0 atom stereocenters. The van der Waals surface area contributed by atoms with Crippen molar-refractivity contribution in [2.75, 3.05) is 13.7 Å². The van der Waals surface area contributed by atoms with Crippen molar-refractivity contribution in [1.29, 1.82) is 0 Å². The second kappa shape index (κ2) is 6.75. The SMILES string of the molecule is C=CCC(CC=C)COS(=O)(=O)OC. The van der Waals surface area contributed by atoms with Crippen LogP contribution in [0, 0.1) is 5.92 Å². The van der Waals surface area contributed by atoms with Gasteiger partial charge in [-0.15, -0.1) is 13.2 Å². The van der Waals surface area contributed by atoms with Crippen molar-refractivity contribution < 1.29 is 16.8 Å². The molecule has 14 heavy (non-hydrogen) atoms. The summed E-state index contributed by atoms with van der Waals surface area (Å²) in [5.74, 6) is 0.0786. The molecule has 0 saturated heterocycles. The van der Waals surface area contributed by atoms with Crippen LogP contribution in [0.1, 0.15) is 12.8 Å². The van der Waals surface area contributed by atoms with Crippen molar-refractivity contribution in [1.82, 2.24) is 0 Å². The Morgan fingerprint density at radius 3 is 2.14 bits per heavy atom. The summed E-state index contributed by atoms with van der Waals surface area (Å²) in [6.45, 7) is 7.25. The third-order valence-corrected chi connectivity index (χ3v) is 2.49. The average Bonchev–Trinajstić information content (AvgIpc) is 2.15. The zero-order valence-electron chi connectivity index (χ0n) is 8.31. The molecule has 0 aliphatic heterocycles. The quantitative estimate of drug-likeness (QED) is 0.584. The van der Waals surface area contributed by atoms with Crippen molar-refractivity contribution in [3.63, 3.8) is 0 Å². The van der Waals surface area contributed by atoms with Gasteiger partial charge >= 0.3 is 10.4 Å². The molecule has 0 aliphatic rings. The van der Waals surface area contributed by atoms with Gasteiger partial charge in [-0.25, -0.2) is 4.18 Å². The molecule has 0 aromatic rings. The zero-order chi connectivity index (χ0) is 11.0. The van der Waals surface area contributed by atoms with Crippen LogP contribution in [0.5, 0.6) is 0 Å². The fourth-order valence-electron chi connectivity index (χ4n) is 0.931. The van der Waals surface area contributed by atoms with Crippen molar-refractivity contribution in [2.24, 2.45) is 5.92 Å². The van der Waals surface area contributed by atoms with E-state index < -0.39 is 10.4 Å². The molecule has 0 radical (unpaired) electrons. The van der Waals surface area contributed by atoms with Gasteiger partial charge in [-0.3, -0.25) is 4.18 Å². The number of hydrogen-bond acceptors (Lipinski definition) is 4. The summed E-state index contributed by atoms with van der Waals surface area (Å²) in [5, 5.41) is 0. The van der Waals surface area contributed by atoms with Crippen LogP contribution in [0.25, 0.3) is 0 Å². The minimum atomic E-state index is -3.82. The van der Waals surface area contributed by atoms with Crippen LogP contribution in [0.3, 0.4) is 0 Å². The Labute approximate surface area is 85.6 Å². The largest absolute Gasteiger partial charge is 0.399 e. The van der Waals surface area contributed by atoms with Crippen LogP contribution < -0.4 is 0 Å². The smallest absolute Gasteiger partial charge is 0.252 e. The van der Waals surface area contributed by atoms with Gasteiger partial charge in [0.2, 0.25) is 0 Å². The van der Waals surface area contributed by atoms with Gasteiger partial charge in [0.05, 0.1) is 13.7 Å². The van der Waals surface area contributed by atoms with Crippen molar-refractivity contribution in [2.45, 2.75) is 12.8 Å². The molecule has 0 saturated carbocycles. The van der Waals surface area contributed by atoms with E-state index in [2.05, 4.69) is 21.5 Å². The first-order chi connectivity index (χ1) is 6.55. The van der Waals surface area contributed by atoms with Crippen molar-refractivity contribution in [3.05, 3.63) is 25.3 Å². The molecule has 4 nitrogen and oxygen atoms in total. The Morgan fingerprint density at radius 1 is 1.29 bits per heavy atom. The maximum atomic E-state index is 10.8. The highest BCUT2D eigenvalue weighted by molar-refractivity contribution is 7.81. The molecule has 0 aliphatic carbocycles. The Kier molecular flexibility index (Phi) is 6.44. The molecule has 0 unspecified atom stereocenters. The van der Waals surface area contributed by atoms with Crippen LogP contribution in [0.4, 0.5) is 0 Å². The predicted molar refractivity (Wildman–Crippen MR) is 55.0 cm³/mol. The van der Waals surface area contributed by atoms with Gasteiger partial charge in [0.15, 0.2) is 0 Å². The molecule has 0 heterocycles. The summed E-state index contributed by atoms with van der Waals surface area (Å²) in [7, 11) is -2.76. The molecule has 0 fully saturated rings. The third kappa shape index (κ3) is 5.90. The summed E-state index contributed by atoms with van der Waals surface area (Å²) in [6.07, 6.45) is 4.81. The summed E-state index contributed by atoms with van der Waals surface area (Å²) in [6, 6.07) is 0. The summed E-state index contributed by atoms with van der Waals surface area (Å²) < 4.78 is 30.4. The molecule has 0 aromatic carbocycles. The number of hydrogen-bond donors (Lipinski definition) is 0. The molecule has 0 spiro atoms. The fraction of sp³-hybridized carbons (Fsp3) is 0.556. The lowest BCUT2D eigenvalue weighted by Gasteiger charge is -2.11. The molecule has 5 heteroatoms. The van der Waals surface area contributed by atoms with E-state index >= 15 is 0 Å². The van der Waals surface area contributed by atoms with Gasteiger partial charge in [-0.05, 0) is 18.8 Å². The van der Waals surface area contributed by atoms with E-state index in [9.17, 15) is 8.42 Å². The minimum Gasteiger partial charge on any atom is -0.252 e. The second-order valence-corrected chi connectivity index (χ2v) is 4.16. The van der Waals surface area contributed by atoms with Gasteiger partial charge in [0.1, 0.15) is 0 Å². The third-order valence-electron chi connectivity index (χ3n) is 1.65. The highest BCUT2D eigenvalue weighted by atomic mass is 32.3. The molecule has 0 amide bonds. The summed E-state index contributed by atoms with van der Waals surface area (Å²) in [5.41, 5.74) is 0. The normalized spacial score (nSPS) is 11.6. The van der Waals surface area contributed by atoms with E-state index in [0.29, 0.717) is 12.8 Å². The van der Waals surface area contributed by atoms with Gasteiger partial charge in [-0.1, -0.05) is 12.2 Å². The van der Waals surface area contributed by atoms with Gasteiger partial charge < -0.3 is 0 Å². The van der Waals surface area contributed by atoms with Crippen LogP contribution in [0.15, 0.2) is 25.3 Å². The van der Waals surface area contributed by atoms with Crippen LogP contribution in [-0.4, -0.2) is 22.1 Å². The van der Waals surface area contributed by atoms with E-state index in [1.54, 1.807) is 12.2 Å². The molecule has 0 rings (SSSR count). The van der Waals surface area contributed by atoms with Gasteiger partial charge in [0.25, 0.3) is 0 Å². The van der Waals surface area contributed by atoms with Crippen molar-refractivity contribution >= 4 is 10.4 Å². The van der Waals surface area contributed by atoms with Crippen LogP contribution in [-0.2, 0) is 18.8 Å². The Morgan fingerprint density at radius 2 is 1.79 bits per heavy atom. The molecule has 0 N–H and O–H groups in total. The summed E-state index contributed by atoms with van der Waals surface area (Å²) >= 11 is 0. The highest BCUT2D eigenvalue weighted by Gasteiger charge is 2.13. The average molecular weight is 220 g/mol. The monoisotopic (exact) mass is 220 g/mol. The Balaban J connectivity index is 4.04. The molecular weight excluding hydrogens is 204 g/mol. The summed E-state index contributed by atoms with van der Waals surface area (Å²) in [4.78, 5) is 0. The van der Waals surface area contributed by atoms with E-state index in [-0.39, 0.29) is 12.5 Å². The first-order valence-electron chi connectivity index (χ1n) is 4.22. The van der Waals surface area contributed by atoms with E-state index in [0.717, 1.165) is 7.11 Å². The van der Waals surface area contributed by atoms with E-state index in [4.69, 9.17) is 0 Å². The predicted octanol–water partition coefficient (Wildman–Crippen LogP) is 1.66. The van der Waals surface area contributed by atoms with Crippen LogP contribution in [0.2, 0.25) is 0 Å². The first kappa shape index (κ1) is 13.4. The number of rotatable bonds is 8. The standard InChI is InChI=1S/C9H16O4S/c1-4-6-9(7-5-2)8-13-14(10,11)12-3/h4-5,9H,1-2,6-8H2,3H3. The van der Waals surface area contributed by atoms with Crippen LogP contribution >= 0.6 is 0 Å². The zero-order valence-corrected chi connectivity index (χ0v) is 9.13. The number of allylic oxidation sites excluding steroid dienone is 2.